The lowest BCUT2D eigenvalue weighted by molar-refractivity contribution is -0.225. The van der Waals surface area contributed by atoms with Crippen LogP contribution in [0.3, 0.4) is 0 Å². The standard InChI is InChI=1S/C23H42O3/c1-14(2)19-10-8-16(5)12-21(19)25-23(18(7)24)26-22-13-17(6)9-11-20(22)15(3)4/h14-17,19-23H,8-13H2,1-7H3. The number of carbonyl (C=O) groups excluding carboxylic acids is 1. The van der Waals surface area contributed by atoms with Gasteiger partial charge in [-0.25, -0.2) is 0 Å². The van der Waals surface area contributed by atoms with E-state index in [9.17, 15) is 4.79 Å². The Bertz CT molecular complexity index is 411. The Morgan fingerprint density at radius 3 is 1.46 bits per heavy atom. The van der Waals surface area contributed by atoms with E-state index < -0.39 is 6.29 Å². The third-order valence-electron chi connectivity index (χ3n) is 6.85. The Morgan fingerprint density at radius 2 is 1.15 bits per heavy atom. The molecule has 6 atom stereocenters. The summed E-state index contributed by atoms with van der Waals surface area (Å²) in [4.78, 5) is 12.4. The summed E-state index contributed by atoms with van der Waals surface area (Å²) in [6.07, 6.45) is 6.62. The molecular formula is C23H42O3. The molecule has 0 aromatic rings. The summed E-state index contributed by atoms with van der Waals surface area (Å²) >= 11 is 0. The van der Waals surface area contributed by atoms with Crippen molar-refractivity contribution in [3.63, 3.8) is 0 Å². The Hall–Kier alpha value is -0.410. The lowest BCUT2D eigenvalue weighted by Gasteiger charge is -2.41. The molecular weight excluding hydrogens is 324 g/mol. The van der Waals surface area contributed by atoms with E-state index in [2.05, 4.69) is 41.5 Å². The first kappa shape index (κ1) is 21.9. The first-order chi connectivity index (χ1) is 12.2. The molecule has 0 spiro atoms. The molecule has 26 heavy (non-hydrogen) atoms. The van der Waals surface area contributed by atoms with Crippen molar-refractivity contribution in [2.75, 3.05) is 0 Å². The van der Waals surface area contributed by atoms with Crippen molar-refractivity contribution >= 4 is 5.78 Å². The average molecular weight is 367 g/mol. The van der Waals surface area contributed by atoms with Gasteiger partial charge in [-0.1, -0.05) is 54.4 Å². The van der Waals surface area contributed by atoms with Gasteiger partial charge in [-0.05, 0) is 68.1 Å². The van der Waals surface area contributed by atoms with Crippen LogP contribution in [0, 0.1) is 35.5 Å². The van der Waals surface area contributed by atoms with Crippen LogP contribution < -0.4 is 0 Å². The molecule has 0 saturated heterocycles. The quantitative estimate of drug-likeness (QED) is 0.530. The van der Waals surface area contributed by atoms with Gasteiger partial charge in [0.1, 0.15) is 0 Å². The second-order valence-corrected chi connectivity index (χ2v) is 9.94. The summed E-state index contributed by atoms with van der Waals surface area (Å²) in [5.74, 6) is 3.58. The number of Topliss-reactive ketones (excluding diaryl/α,β-unsaturated/α-hetero) is 1. The SMILES string of the molecule is CC(=O)C(OC1CC(C)CCC1C(C)C)OC1CC(C)CCC1C(C)C. The molecule has 0 amide bonds. The fourth-order valence-corrected chi connectivity index (χ4v) is 5.08. The Morgan fingerprint density at radius 1 is 0.769 bits per heavy atom. The van der Waals surface area contributed by atoms with Crippen LogP contribution in [0.4, 0.5) is 0 Å². The van der Waals surface area contributed by atoms with Crippen LogP contribution in [0.25, 0.3) is 0 Å². The maximum Gasteiger partial charge on any atom is 0.218 e. The predicted molar refractivity (Wildman–Crippen MR) is 107 cm³/mol. The third-order valence-corrected chi connectivity index (χ3v) is 6.85. The van der Waals surface area contributed by atoms with Crippen molar-refractivity contribution in [1.82, 2.24) is 0 Å². The molecule has 152 valence electrons. The second kappa shape index (κ2) is 9.68. The maximum absolute atomic E-state index is 12.4. The van der Waals surface area contributed by atoms with Crippen LogP contribution >= 0.6 is 0 Å². The number of ether oxygens (including phenoxy) is 2. The largest absolute Gasteiger partial charge is 0.342 e. The van der Waals surface area contributed by atoms with Gasteiger partial charge in [0.05, 0.1) is 12.2 Å². The van der Waals surface area contributed by atoms with Gasteiger partial charge < -0.3 is 9.47 Å². The third kappa shape index (κ3) is 5.79. The highest BCUT2D eigenvalue weighted by Gasteiger charge is 2.38. The lowest BCUT2D eigenvalue weighted by atomic mass is 9.75. The first-order valence-corrected chi connectivity index (χ1v) is 11.0. The molecule has 6 unspecified atom stereocenters. The van der Waals surface area contributed by atoms with Crippen LogP contribution in [-0.2, 0) is 14.3 Å². The molecule has 2 aliphatic rings. The lowest BCUT2D eigenvalue weighted by Crippen LogP contribution is -2.44. The van der Waals surface area contributed by atoms with E-state index >= 15 is 0 Å². The predicted octanol–water partition coefficient (Wildman–Crippen LogP) is 5.86. The monoisotopic (exact) mass is 366 g/mol. The highest BCUT2D eigenvalue weighted by atomic mass is 16.7. The van der Waals surface area contributed by atoms with Crippen LogP contribution in [0.1, 0.15) is 87.0 Å². The summed E-state index contributed by atoms with van der Waals surface area (Å²) in [6.45, 7) is 15.3. The molecule has 0 radical (unpaired) electrons. The molecule has 3 nitrogen and oxygen atoms in total. The molecule has 0 N–H and O–H groups in total. The molecule has 2 rings (SSSR count). The van der Waals surface area contributed by atoms with Crippen molar-refractivity contribution < 1.29 is 14.3 Å². The van der Waals surface area contributed by atoms with Crippen LogP contribution in [-0.4, -0.2) is 24.3 Å². The topological polar surface area (TPSA) is 35.5 Å². The number of carbonyl (C=O) groups is 1. The molecule has 0 bridgehead atoms. The molecule has 2 saturated carbocycles. The summed E-state index contributed by atoms with van der Waals surface area (Å²) in [5.41, 5.74) is 0. The fourth-order valence-electron chi connectivity index (χ4n) is 5.08. The number of hydrogen-bond donors (Lipinski definition) is 0. The van der Waals surface area contributed by atoms with E-state index in [0.717, 1.165) is 12.8 Å². The number of hydrogen-bond acceptors (Lipinski definition) is 3. The number of ketones is 1. The summed E-state index contributed by atoms with van der Waals surface area (Å²) in [6, 6.07) is 0. The van der Waals surface area contributed by atoms with E-state index in [1.165, 1.54) is 25.7 Å². The Labute approximate surface area is 161 Å². The number of rotatable bonds is 7. The molecule has 0 heterocycles. The highest BCUT2D eigenvalue weighted by molar-refractivity contribution is 5.79. The molecule has 2 fully saturated rings. The minimum absolute atomic E-state index is 0.0199. The van der Waals surface area contributed by atoms with Crippen LogP contribution in [0.15, 0.2) is 0 Å². The zero-order valence-electron chi connectivity index (χ0n) is 18.2. The Balaban J connectivity index is 2.08. The van der Waals surface area contributed by atoms with Gasteiger partial charge in [0.25, 0.3) is 0 Å². The van der Waals surface area contributed by atoms with Gasteiger partial charge in [-0.2, -0.15) is 0 Å². The van der Waals surface area contributed by atoms with Gasteiger partial charge >= 0.3 is 0 Å². The summed E-state index contributed by atoms with van der Waals surface area (Å²) < 4.78 is 12.8. The second-order valence-electron chi connectivity index (χ2n) is 9.94. The smallest absolute Gasteiger partial charge is 0.218 e. The van der Waals surface area contributed by atoms with Gasteiger partial charge in [0.15, 0.2) is 5.78 Å². The average Bonchev–Trinajstić information content (AvgIpc) is 2.53. The summed E-state index contributed by atoms with van der Waals surface area (Å²) in [7, 11) is 0. The highest BCUT2D eigenvalue weighted by Crippen LogP contribution is 2.38. The van der Waals surface area contributed by atoms with Crippen molar-refractivity contribution in [3.8, 4) is 0 Å². The first-order valence-electron chi connectivity index (χ1n) is 11.0. The minimum atomic E-state index is -0.692. The van der Waals surface area contributed by atoms with E-state index in [-0.39, 0.29) is 18.0 Å². The Kier molecular flexibility index (Phi) is 8.15. The molecule has 0 aromatic carbocycles. The van der Waals surface area contributed by atoms with E-state index in [1.54, 1.807) is 6.92 Å². The minimum Gasteiger partial charge on any atom is -0.342 e. The van der Waals surface area contributed by atoms with Crippen molar-refractivity contribution in [2.24, 2.45) is 35.5 Å². The molecule has 3 heteroatoms. The van der Waals surface area contributed by atoms with Crippen LogP contribution in [0.5, 0.6) is 0 Å². The molecule has 0 aromatic heterocycles. The molecule has 0 aliphatic heterocycles. The van der Waals surface area contributed by atoms with Gasteiger partial charge in [0, 0.05) is 0 Å². The molecule has 2 aliphatic carbocycles. The summed E-state index contributed by atoms with van der Waals surface area (Å²) in [5, 5.41) is 0. The zero-order valence-corrected chi connectivity index (χ0v) is 18.2. The van der Waals surface area contributed by atoms with Crippen molar-refractivity contribution in [2.45, 2.75) is 105 Å². The van der Waals surface area contributed by atoms with Crippen molar-refractivity contribution in [1.29, 1.82) is 0 Å². The van der Waals surface area contributed by atoms with E-state index in [1.807, 2.05) is 0 Å². The van der Waals surface area contributed by atoms with Gasteiger partial charge in [0.2, 0.25) is 6.29 Å². The zero-order chi connectivity index (χ0) is 19.4. The fraction of sp³-hybridized carbons (Fsp3) is 0.957. The van der Waals surface area contributed by atoms with E-state index in [4.69, 9.17) is 9.47 Å². The normalized spacial score (nSPS) is 37.1. The van der Waals surface area contributed by atoms with Crippen LogP contribution in [0.2, 0.25) is 0 Å². The van der Waals surface area contributed by atoms with Gasteiger partial charge in [-0.15, -0.1) is 0 Å². The van der Waals surface area contributed by atoms with Gasteiger partial charge in [-0.3, -0.25) is 4.79 Å². The van der Waals surface area contributed by atoms with Crippen molar-refractivity contribution in [3.05, 3.63) is 0 Å². The van der Waals surface area contributed by atoms with E-state index in [0.29, 0.717) is 35.5 Å². The maximum atomic E-state index is 12.4.